The number of carboxylic acids is 1. The Kier molecular flexibility index (Phi) is 4.97. The van der Waals surface area contributed by atoms with Gasteiger partial charge in [-0.05, 0) is 38.4 Å². The Labute approximate surface area is 108 Å². The fraction of sp³-hybridized carbons (Fsp3) is 0.923. The quantitative estimate of drug-likeness (QED) is 0.805. The molecule has 0 bridgehead atoms. The van der Waals surface area contributed by atoms with E-state index in [0.717, 1.165) is 26.1 Å². The largest absolute Gasteiger partial charge is 0.481 e. The number of carboxylic acid groups (broad SMARTS) is 1. The van der Waals surface area contributed by atoms with Crippen LogP contribution in [0.5, 0.6) is 0 Å². The summed E-state index contributed by atoms with van der Waals surface area (Å²) in [4.78, 5) is 13.0. The van der Waals surface area contributed by atoms with Gasteiger partial charge < -0.3 is 19.5 Å². The summed E-state index contributed by atoms with van der Waals surface area (Å²) in [6, 6.07) is 0. The number of rotatable bonds is 5. The Morgan fingerprint density at radius 1 is 1.39 bits per heavy atom. The fourth-order valence-electron chi connectivity index (χ4n) is 2.74. The minimum atomic E-state index is -0.819. The lowest BCUT2D eigenvalue weighted by atomic mass is 9.93. The molecule has 0 aromatic heterocycles. The first-order valence-electron chi connectivity index (χ1n) is 6.88. The summed E-state index contributed by atoms with van der Waals surface area (Å²) in [5, 5.41) is 8.70. The molecule has 2 fully saturated rings. The van der Waals surface area contributed by atoms with E-state index in [1.807, 2.05) is 0 Å². The Bertz CT molecular complexity index is 276. The molecule has 2 aliphatic heterocycles. The van der Waals surface area contributed by atoms with Gasteiger partial charge in [-0.1, -0.05) is 6.92 Å². The summed E-state index contributed by atoms with van der Waals surface area (Å²) < 4.78 is 11.1. The molecule has 5 nitrogen and oxygen atoms in total. The van der Waals surface area contributed by atoms with Crippen molar-refractivity contribution in [3.8, 4) is 0 Å². The van der Waals surface area contributed by atoms with Crippen LogP contribution >= 0.6 is 0 Å². The fourth-order valence-corrected chi connectivity index (χ4v) is 2.74. The Balaban J connectivity index is 1.67. The number of ether oxygens (including phenoxy) is 2. The molecule has 2 aliphatic rings. The minimum Gasteiger partial charge on any atom is -0.481 e. The third-order valence-corrected chi connectivity index (χ3v) is 3.89. The molecule has 0 radical (unpaired) electrons. The molecule has 2 atom stereocenters. The summed E-state index contributed by atoms with van der Waals surface area (Å²) in [6.07, 6.45) is 2.90. The van der Waals surface area contributed by atoms with Crippen LogP contribution in [-0.4, -0.2) is 54.6 Å². The van der Waals surface area contributed by atoms with E-state index in [1.165, 1.54) is 12.8 Å². The van der Waals surface area contributed by atoms with Gasteiger partial charge in [-0.25, -0.2) is 0 Å². The van der Waals surface area contributed by atoms with E-state index in [1.54, 1.807) is 0 Å². The molecule has 0 aliphatic carbocycles. The van der Waals surface area contributed by atoms with Crippen molar-refractivity contribution in [2.45, 2.75) is 45.0 Å². The van der Waals surface area contributed by atoms with E-state index in [9.17, 15) is 4.79 Å². The van der Waals surface area contributed by atoms with Gasteiger partial charge in [-0.2, -0.15) is 0 Å². The summed E-state index contributed by atoms with van der Waals surface area (Å²) in [5.74, 6) is -0.165. The molecule has 2 unspecified atom stereocenters. The lowest BCUT2D eigenvalue weighted by Crippen LogP contribution is -2.34. The van der Waals surface area contributed by atoms with Crippen LogP contribution in [0.3, 0.4) is 0 Å². The lowest BCUT2D eigenvalue weighted by molar-refractivity contribution is -0.140. The number of aliphatic carboxylic acids is 1. The first-order valence-corrected chi connectivity index (χ1v) is 6.88. The molecule has 2 rings (SSSR count). The summed E-state index contributed by atoms with van der Waals surface area (Å²) in [6.45, 7) is 6.06. The Hall–Kier alpha value is -0.650. The maximum atomic E-state index is 10.6. The van der Waals surface area contributed by atoms with Crippen molar-refractivity contribution in [3.05, 3.63) is 0 Å². The Morgan fingerprint density at radius 3 is 2.72 bits per heavy atom. The molecule has 0 aromatic rings. The number of hydrogen-bond donors (Lipinski definition) is 1. The highest BCUT2D eigenvalue weighted by Crippen LogP contribution is 2.26. The number of carbonyl (C=O) groups is 1. The molecule has 2 saturated heterocycles. The molecule has 0 saturated carbocycles. The number of piperidine rings is 1. The summed E-state index contributed by atoms with van der Waals surface area (Å²) in [7, 11) is 0. The maximum Gasteiger partial charge on any atom is 0.306 e. The number of nitrogens with zero attached hydrogens (tertiary/aromatic N) is 1. The van der Waals surface area contributed by atoms with Crippen molar-refractivity contribution >= 4 is 5.97 Å². The van der Waals surface area contributed by atoms with E-state index in [2.05, 4.69) is 11.8 Å². The molecular formula is C13H23NO4. The molecule has 0 spiro atoms. The van der Waals surface area contributed by atoms with Gasteiger partial charge in [0.15, 0.2) is 6.29 Å². The minimum absolute atomic E-state index is 0.0464. The van der Waals surface area contributed by atoms with Crippen LogP contribution in [0, 0.1) is 5.92 Å². The number of hydrogen-bond acceptors (Lipinski definition) is 4. The second-order valence-electron chi connectivity index (χ2n) is 5.23. The zero-order valence-corrected chi connectivity index (χ0v) is 11.0. The van der Waals surface area contributed by atoms with Gasteiger partial charge in [-0.15, -0.1) is 0 Å². The van der Waals surface area contributed by atoms with Crippen molar-refractivity contribution in [2.75, 3.05) is 26.2 Å². The van der Waals surface area contributed by atoms with Crippen LogP contribution < -0.4 is 0 Å². The number of likely N-dealkylation sites (tertiary alicyclic amines) is 1. The van der Waals surface area contributed by atoms with Gasteiger partial charge in [0.25, 0.3) is 0 Å². The van der Waals surface area contributed by atoms with Crippen LogP contribution in [0.4, 0.5) is 0 Å². The first-order chi connectivity index (χ1) is 8.67. The van der Waals surface area contributed by atoms with Crippen LogP contribution in [-0.2, 0) is 14.3 Å². The highest BCUT2D eigenvalue weighted by molar-refractivity contribution is 5.67. The normalized spacial score (nSPS) is 30.7. The average molecular weight is 257 g/mol. The monoisotopic (exact) mass is 257 g/mol. The molecule has 1 N–H and O–H groups in total. The summed E-state index contributed by atoms with van der Waals surface area (Å²) >= 11 is 0. The van der Waals surface area contributed by atoms with E-state index in [0.29, 0.717) is 12.5 Å². The second-order valence-corrected chi connectivity index (χ2v) is 5.23. The molecular weight excluding hydrogens is 234 g/mol. The van der Waals surface area contributed by atoms with Gasteiger partial charge >= 0.3 is 5.97 Å². The molecule has 2 heterocycles. The van der Waals surface area contributed by atoms with Crippen molar-refractivity contribution in [2.24, 2.45) is 5.92 Å². The zero-order valence-electron chi connectivity index (χ0n) is 11.0. The SMILES string of the molecule is CCN1CCC(CC2OCC(CC(=O)O)O2)CC1. The van der Waals surface area contributed by atoms with Gasteiger partial charge in [0, 0.05) is 6.42 Å². The van der Waals surface area contributed by atoms with Gasteiger partial charge in [-0.3, -0.25) is 4.79 Å². The molecule has 104 valence electrons. The highest BCUT2D eigenvalue weighted by Gasteiger charge is 2.30. The third-order valence-electron chi connectivity index (χ3n) is 3.89. The van der Waals surface area contributed by atoms with Gasteiger partial charge in [0.1, 0.15) is 0 Å². The molecule has 0 aromatic carbocycles. The van der Waals surface area contributed by atoms with Crippen LogP contribution in [0.15, 0.2) is 0 Å². The molecule has 5 heteroatoms. The van der Waals surface area contributed by atoms with E-state index >= 15 is 0 Å². The second kappa shape index (κ2) is 6.50. The van der Waals surface area contributed by atoms with Crippen molar-refractivity contribution in [1.82, 2.24) is 4.90 Å². The predicted octanol–water partition coefficient (Wildman–Crippen LogP) is 1.32. The first kappa shape index (κ1) is 13.8. The predicted molar refractivity (Wildman–Crippen MR) is 66.3 cm³/mol. The van der Waals surface area contributed by atoms with Gasteiger partial charge in [0.05, 0.1) is 19.1 Å². The van der Waals surface area contributed by atoms with E-state index in [-0.39, 0.29) is 18.8 Å². The van der Waals surface area contributed by atoms with E-state index < -0.39 is 5.97 Å². The van der Waals surface area contributed by atoms with Crippen molar-refractivity contribution in [3.63, 3.8) is 0 Å². The van der Waals surface area contributed by atoms with Crippen molar-refractivity contribution < 1.29 is 19.4 Å². The van der Waals surface area contributed by atoms with Gasteiger partial charge in [0.2, 0.25) is 0 Å². The Morgan fingerprint density at radius 2 is 2.11 bits per heavy atom. The topological polar surface area (TPSA) is 59.0 Å². The highest BCUT2D eigenvalue weighted by atomic mass is 16.7. The van der Waals surface area contributed by atoms with Crippen LogP contribution in [0.1, 0.15) is 32.6 Å². The standard InChI is InChI=1S/C13H23NO4/c1-2-14-5-3-10(4-6-14)7-13-17-9-11(18-13)8-12(15)16/h10-11,13H,2-9H2,1H3,(H,15,16). The summed E-state index contributed by atoms with van der Waals surface area (Å²) in [5.41, 5.74) is 0. The van der Waals surface area contributed by atoms with E-state index in [4.69, 9.17) is 14.6 Å². The zero-order chi connectivity index (χ0) is 13.0. The van der Waals surface area contributed by atoms with Crippen molar-refractivity contribution in [1.29, 1.82) is 0 Å². The van der Waals surface area contributed by atoms with Crippen LogP contribution in [0.25, 0.3) is 0 Å². The average Bonchev–Trinajstić information content (AvgIpc) is 2.76. The third kappa shape index (κ3) is 3.93. The molecule has 0 amide bonds. The lowest BCUT2D eigenvalue weighted by Gasteiger charge is -2.31. The smallest absolute Gasteiger partial charge is 0.306 e. The maximum absolute atomic E-state index is 10.6. The van der Waals surface area contributed by atoms with Crippen LogP contribution in [0.2, 0.25) is 0 Å². The molecule has 18 heavy (non-hydrogen) atoms.